The monoisotopic (exact) mass is 273 g/mol. The summed E-state index contributed by atoms with van der Waals surface area (Å²) >= 11 is 1.38. The summed E-state index contributed by atoms with van der Waals surface area (Å²) in [5.41, 5.74) is 0. The van der Waals surface area contributed by atoms with Crippen LogP contribution in [0.15, 0.2) is 0 Å². The summed E-state index contributed by atoms with van der Waals surface area (Å²) in [6, 6.07) is 1.29. The summed E-state index contributed by atoms with van der Waals surface area (Å²) in [7, 11) is 0.552. The van der Waals surface area contributed by atoms with Crippen LogP contribution in [0.2, 0.25) is 19.1 Å². The molecule has 2 nitrogen and oxygen atoms in total. The maximum absolute atomic E-state index is 8.36. The SMILES string of the molecule is CO[Si](C)(C)CCCCCCCCCSC#N. The fraction of sp³-hybridized carbons (Fsp3) is 0.923. The van der Waals surface area contributed by atoms with Gasteiger partial charge in [-0.2, -0.15) is 5.26 Å². The van der Waals surface area contributed by atoms with E-state index in [1.54, 1.807) is 0 Å². The van der Waals surface area contributed by atoms with Crippen molar-refractivity contribution in [3.63, 3.8) is 0 Å². The molecule has 0 aliphatic heterocycles. The van der Waals surface area contributed by atoms with Crippen LogP contribution < -0.4 is 0 Å². The summed E-state index contributed by atoms with van der Waals surface area (Å²) < 4.78 is 5.53. The summed E-state index contributed by atoms with van der Waals surface area (Å²) in [6.45, 7) is 4.58. The third-order valence-electron chi connectivity index (χ3n) is 3.14. The average molecular weight is 274 g/mol. The zero-order chi connectivity index (χ0) is 13.0. The molecule has 17 heavy (non-hydrogen) atoms. The van der Waals surface area contributed by atoms with Crippen LogP contribution in [0.4, 0.5) is 0 Å². The Labute approximate surface area is 112 Å². The topological polar surface area (TPSA) is 33.0 Å². The predicted octanol–water partition coefficient (Wildman–Crippen LogP) is 4.78. The van der Waals surface area contributed by atoms with Gasteiger partial charge in [-0.15, -0.1) is 0 Å². The molecule has 0 aromatic heterocycles. The fourth-order valence-corrected chi connectivity index (χ4v) is 3.50. The van der Waals surface area contributed by atoms with E-state index in [1.165, 1.54) is 62.8 Å². The van der Waals surface area contributed by atoms with Crippen LogP contribution >= 0.6 is 11.8 Å². The van der Waals surface area contributed by atoms with Crippen LogP contribution in [-0.2, 0) is 4.43 Å². The van der Waals surface area contributed by atoms with Crippen molar-refractivity contribution in [1.29, 1.82) is 5.26 Å². The second-order valence-electron chi connectivity index (χ2n) is 5.13. The molecule has 4 heteroatoms. The van der Waals surface area contributed by atoms with E-state index in [4.69, 9.17) is 9.69 Å². The molecule has 100 valence electrons. The Kier molecular flexibility index (Phi) is 11.1. The van der Waals surface area contributed by atoms with Crippen molar-refractivity contribution < 1.29 is 4.43 Å². The van der Waals surface area contributed by atoms with Gasteiger partial charge in [0.2, 0.25) is 0 Å². The number of nitrogens with zero attached hydrogens (tertiary/aromatic N) is 1. The Bertz CT molecular complexity index is 216. The first kappa shape index (κ1) is 17.0. The van der Waals surface area contributed by atoms with Crippen molar-refractivity contribution >= 4 is 20.1 Å². The first-order chi connectivity index (χ1) is 8.12. The standard InChI is InChI=1S/C13H27NOSSi/c1-15-17(2,3)12-10-8-6-4-5-7-9-11-16-13-14/h4-12H2,1-3H3. The first-order valence-electron chi connectivity index (χ1n) is 6.68. The zero-order valence-electron chi connectivity index (χ0n) is 11.6. The van der Waals surface area contributed by atoms with Gasteiger partial charge in [-0.1, -0.05) is 38.5 Å². The molecule has 0 N–H and O–H groups in total. The molecule has 0 radical (unpaired) electrons. The van der Waals surface area contributed by atoms with Crippen LogP contribution in [-0.4, -0.2) is 21.2 Å². The van der Waals surface area contributed by atoms with E-state index in [2.05, 4.69) is 18.5 Å². The van der Waals surface area contributed by atoms with Crippen molar-refractivity contribution in [3.8, 4) is 5.40 Å². The molecule has 0 saturated heterocycles. The fourth-order valence-electron chi connectivity index (χ4n) is 1.76. The smallest absolute Gasteiger partial charge is 0.186 e. The minimum absolute atomic E-state index is 1.00. The van der Waals surface area contributed by atoms with Crippen LogP contribution in [0.25, 0.3) is 0 Å². The van der Waals surface area contributed by atoms with Gasteiger partial charge < -0.3 is 4.43 Å². The van der Waals surface area contributed by atoms with E-state index in [1.807, 2.05) is 7.11 Å². The molecular weight excluding hydrogens is 246 g/mol. The quantitative estimate of drug-likeness (QED) is 0.308. The molecule has 0 bridgehead atoms. The first-order valence-corrected chi connectivity index (χ1v) is 10.8. The number of nitriles is 1. The second kappa shape index (κ2) is 11.1. The van der Waals surface area contributed by atoms with E-state index in [0.717, 1.165) is 5.75 Å². The zero-order valence-corrected chi connectivity index (χ0v) is 13.4. The van der Waals surface area contributed by atoms with Gasteiger partial charge in [0, 0.05) is 12.9 Å². The Morgan fingerprint density at radius 3 is 2.06 bits per heavy atom. The highest BCUT2D eigenvalue weighted by atomic mass is 32.2. The van der Waals surface area contributed by atoms with Gasteiger partial charge in [0.15, 0.2) is 8.32 Å². The summed E-state index contributed by atoms with van der Waals surface area (Å²) in [4.78, 5) is 0. The lowest BCUT2D eigenvalue weighted by Crippen LogP contribution is -2.27. The van der Waals surface area contributed by atoms with Gasteiger partial charge in [-0.05, 0) is 37.3 Å². The highest BCUT2D eigenvalue weighted by molar-refractivity contribution is 8.03. The molecule has 0 heterocycles. The Hall–Kier alpha value is 0.0169. The van der Waals surface area contributed by atoms with Crippen LogP contribution in [0.1, 0.15) is 44.9 Å². The summed E-state index contributed by atoms with van der Waals surface area (Å²) in [6.07, 6.45) is 9.21. The molecule has 0 aliphatic carbocycles. The van der Waals surface area contributed by atoms with E-state index in [0.29, 0.717) is 0 Å². The lowest BCUT2D eigenvalue weighted by Gasteiger charge is -2.19. The number of thiocyanates is 1. The van der Waals surface area contributed by atoms with Gasteiger partial charge in [-0.25, -0.2) is 0 Å². The number of thioether (sulfide) groups is 1. The number of hydrogen-bond donors (Lipinski definition) is 0. The molecule has 0 rings (SSSR count). The van der Waals surface area contributed by atoms with Crippen molar-refractivity contribution in [2.45, 2.75) is 64.1 Å². The van der Waals surface area contributed by atoms with Gasteiger partial charge in [0.1, 0.15) is 5.40 Å². The second-order valence-corrected chi connectivity index (χ2v) is 10.4. The molecule has 0 aliphatic rings. The van der Waals surface area contributed by atoms with Crippen molar-refractivity contribution in [3.05, 3.63) is 0 Å². The summed E-state index contributed by atoms with van der Waals surface area (Å²) in [5, 5.41) is 10.5. The third kappa shape index (κ3) is 12.3. The number of rotatable bonds is 11. The maximum atomic E-state index is 8.36. The number of hydrogen-bond acceptors (Lipinski definition) is 3. The Morgan fingerprint density at radius 2 is 1.53 bits per heavy atom. The van der Waals surface area contributed by atoms with E-state index >= 15 is 0 Å². The van der Waals surface area contributed by atoms with Gasteiger partial charge in [0.25, 0.3) is 0 Å². The van der Waals surface area contributed by atoms with Gasteiger partial charge >= 0.3 is 0 Å². The van der Waals surface area contributed by atoms with Crippen molar-refractivity contribution in [1.82, 2.24) is 0 Å². The van der Waals surface area contributed by atoms with Crippen LogP contribution in [0.5, 0.6) is 0 Å². The van der Waals surface area contributed by atoms with Crippen LogP contribution in [0.3, 0.4) is 0 Å². The normalized spacial score (nSPS) is 11.4. The molecule has 0 unspecified atom stereocenters. The highest BCUT2D eigenvalue weighted by Crippen LogP contribution is 2.16. The molecule has 0 aromatic rings. The number of unbranched alkanes of at least 4 members (excludes halogenated alkanes) is 6. The minimum Gasteiger partial charge on any atom is -0.420 e. The highest BCUT2D eigenvalue weighted by Gasteiger charge is 2.18. The van der Waals surface area contributed by atoms with Crippen molar-refractivity contribution in [2.75, 3.05) is 12.9 Å². The predicted molar refractivity (Wildman–Crippen MR) is 79.7 cm³/mol. The summed E-state index contributed by atoms with van der Waals surface area (Å²) in [5.74, 6) is 1.00. The van der Waals surface area contributed by atoms with E-state index in [-0.39, 0.29) is 0 Å². The molecular formula is C13H27NOSSi. The molecule has 0 aromatic carbocycles. The Balaban J connectivity index is 3.12. The Morgan fingerprint density at radius 1 is 1.00 bits per heavy atom. The molecule has 0 saturated carbocycles. The molecule has 0 atom stereocenters. The molecule has 0 fully saturated rings. The minimum atomic E-state index is -1.30. The maximum Gasteiger partial charge on any atom is 0.186 e. The third-order valence-corrected chi connectivity index (χ3v) is 6.43. The largest absolute Gasteiger partial charge is 0.420 e. The lowest BCUT2D eigenvalue weighted by atomic mass is 10.1. The van der Waals surface area contributed by atoms with Crippen molar-refractivity contribution in [2.24, 2.45) is 0 Å². The van der Waals surface area contributed by atoms with Crippen LogP contribution in [0, 0.1) is 10.7 Å². The van der Waals surface area contributed by atoms with E-state index < -0.39 is 8.32 Å². The van der Waals surface area contributed by atoms with Gasteiger partial charge in [0.05, 0.1) is 0 Å². The molecule has 0 spiro atoms. The lowest BCUT2D eigenvalue weighted by molar-refractivity contribution is 0.400. The average Bonchev–Trinajstić information content (AvgIpc) is 2.31. The van der Waals surface area contributed by atoms with E-state index in [9.17, 15) is 0 Å². The van der Waals surface area contributed by atoms with Gasteiger partial charge in [-0.3, -0.25) is 0 Å². The molecule has 0 amide bonds.